The second-order valence-corrected chi connectivity index (χ2v) is 5.68. The zero-order valence-corrected chi connectivity index (χ0v) is 12.7. The standard InChI is InChI=1S/C13H8ClFN4O2S/c1-6-16-9(5-22-6)12-18-19-13(21-12)17-11(20)10-7(14)3-2-4-8(10)15/h2-5H,1H3,(H,17,19,20). The zero-order chi connectivity index (χ0) is 15.7. The van der Waals surface area contributed by atoms with Gasteiger partial charge in [0.2, 0.25) is 0 Å². The van der Waals surface area contributed by atoms with Gasteiger partial charge in [0.25, 0.3) is 11.8 Å². The molecule has 0 aliphatic carbocycles. The summed E-state index contributed by atoms with van der Waals surface area (Å²) in [6.07, 6.45) is 0. The number of benzene rings is 1. The van der Waals surface area contributed by atoms with E-state index in [9.17, 15) is 9.18 Å². The number of aromatic nitrogens is 3. The van der Waals surface area contributed by atoms with Gasteiger partial charge in [-0.05, 0) is 19.1 Å². The number of halogens is 2. The van der Waals surface area contributed by atoms with Crippen molar-refractivity contribution in [2.24, 2.45) is 0 Å². The van der Waals surface area contributed by atoms with Crippen LogP contribution in [0.5, 0.6) is 0 Å². The number of carbonyl (C=O) groups excluding carboxylic acids is 1. The SMILES string of the molecule is Cc1nc(-c2nnc(NC(=O)c3c(F)cccc3Cl)o2)cs1. The topological polar surface area (TPSA) is 80.9 Å². The molecular formula is C13H8ClFN4O2S. The molecule has 2 heterocycles. The van der Waals surface area contributed by atoms with Crippen molar-refractivity contribution in [3.63, 3.8) is 0 Å². The molecule has 0 fully saturated rings. The minimum Gasteiger partial charge on any atom is -0.401 e. The minimum absolute atomic E-state index is 0.00707. The number of carbonyl (C=O) groups is 1. The molecule has 1 amide bonds. The molecule has 0 atom stereocenters. The third kappa shape index (κ3) is 2.83. The van der Waals surface area contributed by atoms with Crippen LogP contribution < -0.4 is 5.32 Å². The Morgan fingerprint density at radius 1 is 1.41 bits per heavy atom. The molecule has 9 heteroatoms. The van der Waals surface area contributed by atoms with Crippen LogP contribution in [0.1, 0.15) is 15.4 Å². The Labute approximate surface area is 133 Å². The van der Waals surface area contributed by atoms with Gasteiger partial charge in [-0.1, -0.05) is 22.8 Å². The summed E-state index contributed by atoms with van der Waals surface area (Å²) in [4.78, 5) is 16.2. The van der Waals surface area contributed by atoms with E-state index in [1.165, 1.54) is 23.5 Å². The molecular weight excluding hydrogens is 331 g/mol. The largest absolute Gasteiger partial charge is 0.401 e. The first-order valence-electron chi connectivity index (χ1n) is 6.06. The van der Waals surface area contributed by atoms with Crippen LogP contribution in [0.4, 0.5) is 10.4 Å². The van der Waals surface area contributed by atoms with E-state index in [4.69, 9.17) is 16.0 Å². The summed E-state index contributed by atoms with van der Waals surface area (Å²) in [5.41, 5.74) is 0.229. The molecule has 0 spiro atoms. The van der Waals surface area contributed by atoms with Crippen LogP contribution >= 0.6 is 22.9 Å². The molecule has 0 aliphatic rings. The van der Waals surface area contributed by atoms with E-state index >= 15 is 0 Å². The fourth-order valence-corrected chi connectivity index (χ4v) is 2.55. The van der Waals surface area contributed by atoms with E-state index in [0.717, 1.165) is 11.1 Å². The van der Waals surface area contributed by atoms with Crippen molar-refractivity contribution in [1.82, 2.24) is 15.2 Å². The van der Waals surface area contributed by atoms with Gasteiger partial charge < -0.3 is 4.42 Å². The van der Waals surface area contributed by atoms with E-state index in [0.29, 0.717) is 5.69 Å². The number of nitrogens with zero attached hydrogens (tertiary/aromatic N) is 3. The van der Waals surface area contributed by atoms with Gasteiger partial charge in [-0.2, -0.15) is 0 Å². The third-order valence-corrected chi connectivity index (χ3v) is 3.76. The lowest BCUT2D eigenvalue weighted by atomic mass is 10.2. The molecule has 1 N–H and O–H groups in total. The Morgan fingerprint density at radius 2 is 2.23 bits per heavy atom. The highest BCUT2D eigenvalue weighted by Gasteiger charge is 2.19. The number of aryl methyl sites for hydroxylation is 1. The van der Waals surface area contributed by atoms with Crippen LogP contribution in [0, 0.1) is 12.7 Å². The number of anilines is 1. The molecule has 0 saturated heterocycles. The first-order valence-corrected chi connectivity index (χ1v) is 7.31. The summed E-state index contributed by atoms with van der Waals surface area (Å²) in [6, 6.07) is 3.80. The van der Waals surface area contributed by atoms with Gasteiger partial charge in [0.05, 0.1) is 15.6 Å². The van der Waals surface area contributed by atoms with Crippen LogP contribution in [0.25, 0.3) is 11.6 Å². The average molecular weight is 339 g/mol. The summed E-state index contributed by atoms with van der Waals surface area (Å²) in [5.74, 6) is -1.34. The van der Waals surface area contributed by atoms with Crippen molar-refractivity contribution in [1.29, 1.82) is 0 Å². The van der Waals surface area contributed by atoms with Crippen LogP contribution in [-0.4, -0.2) is 21.1 Å². The maximum Gasteiger partial charge on any atom is 0.322 e. The Morgan fingerprint density at radius 3 is 2.91 bits per heavy atom. The number of hydrogen-bond donors (Lipinski definition) is 1. The molecule has 0 saturated carbocycles. The summed E-state index contributed by atoms with van der Waals surface area (Å²) in [7, 11) is 0. The number of rotatable bonds is 3. The van der Waals surface area contributed by atoms with Crippen LogP contribution in [0.3, 0.4) is 0 Å². The van der Waals surface area contributed by atoms with Gasteiger partial charge in [0, 0.05) is 5.38 Å². The van der Waals surface area contributed by atoms with E-state index in [1.54, 1.807) is 5.38 Å². The predicted molar refractivity (Wildman–Crippen MR) is 79.5 cm³/mol. The lowest BCUT2D eigenvalue weighted by Gasteiger charge is -2.03. The van der Waals surface area contributed by atoms with E-state index < -0.39 is 11.7 Å². The number of nitrogens with one attached hydrogen (secondary N) is 1. The molecule has 22 heavy (non-hydrogen) atoms. The van der Waals surface area contributed by atoms with Crippen molar-refractivity contribution in [2.45, 2.75) is 6.92 Å². The molecule has 112 valence electrons. The highest BCUT2D eigenvalue weighted by atomic mass is 35.5. The summed E-state index contributed by atoms with van der Waals surface area (Å²) in [6.45, 7) is 1.84. The maximum absolute atomic E-state index is 13.7. The molecule has 0 radical (unpaired) electrons. The zero-order valence-electron chi connectivity index (χ0n) is 11.1. The van der Waals surface area contributed by atoms with Crippen LogP contribution in [0.2, 0.25) is 5.02 Å². The Hall–Kier alpha value is -2.32. The minimum atomic E-state index is -0.771. The fraction of sp³-hybridized carbons (Fsp3) is 0.0769. The van der Waals surface area contributed by atoms with Crippen molar-refractivity contribution >= 4 is 34.9 Å². The summed E-state index contributed by atoms with van der Waals surface area (Å²) >= 11 is 7.25. The van der Waals surface area contributed by atoms with Crippen LogP contribution in [0.15, 0.2) is 28.0 Å². The molecule has 6 nitrogen and oxygen atoms in total. The normalized spacial score (nSPS) is 10.7. The molecule has 0 unspecified atom stereocenters. The summed E-state index contributed by atoms with van der Waals surface area (Å²) in [5, 5.41) is 12.4. The predicted octanol–water partition coefficient (Wildman–Crippen LogP) is 3.55. The average Bonchev–Trinajstić information content (AvgIpc) is 3.07. The van der Waals surface area contributed by atoms with Gasteiger partial charge in [-0.3, -0.25) is 10.1 Å². The second kappa shape index (κ2) is 5.82. The highest BCUT2D eigenvalue weighted by Crippen LogP contribution is 2.23. The molecule has 2 aromatic heterocycles. The fourth-order valence-electron chi connectivity index (χ4n) is 1.71. The molecule has 3 aromatic rings. The quantitative estimate of drug-likeness (QED) is 0.789. The lowest BCUT2D eigenvalue weighted by molar-refractivity contribution is 0.102. The van der Waals surface area contributed by atoms with E-state index in [1.807, 2.05) is 6.92 Å². The number of hydrogen-bond acceptors (Lipinski definition) is 6. The third-order valence-electron chi connectivity index (χ3n) is 2.67. The van der Waals surface area contributed by atoms with Crippen molar-refractivity contribution < 1.29 is 13.6 Å². The molecule has 0 bridgehead atoms. The summed E-state index contributed by atoms with van der Waals surface area (Å²) < 4.78 is 18.9. The Bertz CT molecular complexity index is 828. The second-order valence-electron chi connectivity index (χ2n) is 4.21. The van der Waals surface area contributed by atoms with Gasteiger partial charge in [0.15, 0.2) is 0 Å². The molecule has 1 aromatic carbocycles. The van der Waals surface area contributed by atoms with Crippen molar-refractivity contribution in [2.75, 3.05) is 5.32 Å². The highest BCUT2D eigenvalue weighted by molar-refractivity contribution is 7.09. The van der Waals surface area contributed by atoms with E-state index in [2.05, 4.69) is 20.5 Å². The monoisotopic (exact) mass is 338 g/mol. The Kier molecular flexibility index (Phi) is 3.86. The smallest absolute Gasteiger partial charge is 0.322 e. The van der Waals surface area contributed by atoms with Gasteiger partial charge in [-0.25, -0.2) is 9.37 Å². The maximum atomic E-state index is 13.7. The van der Waals surface area contributed by atoms with Crippen molar-refractivity contribution in [3.8, 4) is 11.6 Å². The number of amides is 1. The van der Waals surface area contributed by atoms with Crippen LogP contribution in [-0.2, 0) is 0 Å². The van der Waals surface area contributed by atoms with Gasteiger partial charge in [-0.15, -0.1) is 16.4 Å². The molecule has 3 rings (SSSR count). The molecule has 0 aliphatic heterocycles. The first-order chi connectivity index (χ1) is 10.5. The van der Waals surface area contributed by atoms with Gasteiger partial charge >= 0.3 is 6.01 Å². The van der Waals surface area contributed by atoms with Crippen molar-refractivity contribution in [3.05, 3.63) is 45.0 Å². The van der Waals surface area contributed by atoms with Gasteiger partial charge in [0.1, 0.15) is 11.5 Å². The van der Waals surface area contributed by atoms with E-state index in [-0.39, 0.29) is 22.5 Å². The number of thiazole rings is 1. The lowest BCUT2D eigenvalue weighted by Crippen LogP contribution is -2.14. The first kappa shape index (κ1) is 14.6. The Balaban J connectivity index is 1.82.